The summed E-state index contributed by atoms with van der Waals surface area (Å²) in [6, 6.07) is 1.83. The predicted molar refractivity (Wildman–Crippen MR) is 73.2 cm³/mol. The first-order valence-electron chi connectivity index (χ1n) is 6.29. The van der Waals surface area contributed by atoms with Crippen LogP contribution in [0.15, 0.2) is 12.3 Å². The zero-order valence-corrected chi connectivity index (χ0v) is 11.7. The summed E-state index contributed by atoms with van der Waals surface area (Å²) in [5, 5.41) is 10.1. The number of nitrogens with zero attached hydrogens (tertiary/aromatic N) is 3. The molecule has 6 nitrogen and oxygen atoms in total. The van der Waals surface area contributed by atoms with Crippen LogP contribution < -0.4 is 10.1 Å². The molecule has 0 saturated heterocycles. The third-order valence-corrected chi connectivity index (χ3v) is 2.56. The highest BCUT2D eigenvalue weighted by Gasteiger charge is 2.06. The van der Waals surface area contributed by atoms with Gasteiger partial charge in [-0.2, -0.15) is 10.1 Å². The molecule has 2 heterocycles. The minimum Gasteiger partial charge on any atom is -0.475 e. The second-order valence-electron chi connectivity index (χ2n) is 4.71. The van der Waals surface area contributed by atoms with Crippen LogP contribution in [0.5, 0.6) is 5.88 Å². The van der Waals surface area contributed by atoms with Gasteiger partial charge in [-0.3, -0.25) is 5.10 Å². The van der Waals surface area contributed by atoms with E-state index < -0.39 is 0 Å². The smallest absolute Gasteiger partial charge is 0.226 e. The molecule has 0 bridgehead atoms. The van der Waals surface area contributed by atoms with Gasteiger partial charge in [0.2, 0.25) is 11.8 Å². The molecule has 6 heteroatoms. The number of anilines is 1. The number of rotatable bonds is 5. The Kier molecular flexibility index (Phi) is 3.99. The van der Waals surface area contributed by atoms with E-state index in [4.69, 9.17) is 4.74 Å². The Labute approximate surface area is 112 Å². The molecule has 0 radical (unpaired) electrons. The first-order valence-corrected chi connectivity index (χ1v) is 6.29. The molecule has 0 atom stereocenters. The normalized spacial score (nSPS) is 10.8. The molecule has 19 heavy (non-hydrogen) atoms. The number of aromatic nitrogens is 4. The van der Waals surface area contributed by atoms with E-state index in [0.29, 0.717) is 18.4 Å². The number of hydrogen-bond donors (Lipinski definition) is 2. The van der Waals surface area contributed by atoms with E-state index in [9.17, 15) is 0 Å². The Morgan fingerprint density at radius 1 is 1.32 bits per heavy atom. The molecular formula is C13H19N5O. The van der Waals surface area contributed by atoms with Crippen molar-refractivity contribution in [1.29, 1.82) is 0 Å². The van der Waals surface area contributed by atoms with Crippen LogP contribution in [-0.2, 0) is 6.54 Å². The fourth-order valence-electron chi connectivity index (χ4n) is 1.65. The number of nitrogens with one attached hydrogen (secondary N) is 2. The van der Waals surface area contributed by atoms with Crippen LogP contribution in [0, 0.1) is 13.8 Å². The molecular weight excluding hydrogens is 242 g/mol. The highest BCUT2D eigenvalue weighted by Crippen LogP contribution is 2.14. The largest absolute Gasteiger partial charge is 0.475 e. The van der Waals surface area contributed by atoms with E-state index in [1.807, 2.05) is 33.8 Å². The average Bonchev–Trinajstić information content (AvgIpc) is 2.70. The summed E-state index contributed by atoms with van der Waals surface area (Å²) in [7, 11) is 0. The molecule has 2 N–H and O–H groups in total. The minimum atomic E-state index is 0.0956. The third kappa shape index (κ3) is 3.67. The lowest BCUT2D eigenvalue weighted by atomic mass is 10.3. The van der Waals surface area contributed by atoms with Gasteiger partial charge in [-0.1, -0.05) is 0 Å². The summed E-state index contributed by atoms with van der Waals surface area (Å²) in [4.78, 5) is 8.67. The van der Waals surface area contributed by atoms with Gasteiger partial charge in [0.25, 0.3) is 0 Å². The SMILES string of the molecule is Cc1cc(OC(C)C)nc(NCc2cn[nH]c2C)n1. The van der Waals surface area contributed by atoms with Crippen LogP contribution in [0.1, 0.15) is 30.8 Å². The van der Waals surface area contributed by atoms with E-state index in [1.54, 1.807) is 6.20 Å². The van der Waals surface area contributed by atoms with Gasteiger partial charge >= 0.3 is 0 Å². The molecule has 0 spiro atoms. The third-order valence-electron chi connectivity index (χ3n) is 2.56. The van der Waals surface area contributed by atoms with E-state index >= 15 is 0 Å². The van der Waals surface area contributed by atoms with Crippen molar-refractivity contribution in [2.24, 2.45) is 0 Å². The molecule has 0 aliphatic heterocycles. The van der Waals surface area contributed by atoms with Crippen molar-refractivity contribution < 1.29 is 4.74 Å². The number of H-pyrrole nitrogens is 1. The van der Waals surface area contributed by atoms with E-state index in [0.717, 1.165) is 17.0 Å². The van der Waals surface area contributed by atoms with Gasteiger partial charge in [-0.25, -0.2) is 4.98 Å². The predicted octanol–water partition coefficient (Wildman–Crippen LogP) is 2.22. The molecule has 0 unspecified atom stereocenters. The molecule has 0 amide bonds. The fourth-order valence-corrected chi connectivity index (χ4v) is 1.65. The van der Waals surface area contributed by atoms with Crippen molar-refractivity contribution in [3.8, 4) is 5.88 Å². The van der Waals surface area contributed by atoms with Crippen molar-refractivity contribution in [2.45, 2.75) is 40.3 Å². The van der Waals surface area contributed by atoms with Gasteiger partial charge in [0, 0.05) is 29.6 Å². The van der Waals surface area contributed by atoms with Crippen LogP contribution >= 0.6 is 0 Å². The lowest BCUT2D eigenvalue weighted by Gasteiger charge is -2.11. The van der Waals surface area contributed by atoms with Crippen LogP contribution in [0.2, 0.25) is 0 Å². The quantitative estimate of drug-likeness (QED) is 0.863. The molecule has 102 valence electrons. The maximum atomic E-state index is 5.59. The Morgan fingerprint density at radius 2 is 2.11 bits per heavy atom. The van der Waals surface area contributed by atoms with Gasteiger partial charge in [-0.15, -0.1) is 0 Å². The zero-order valence-electron chi connectivity index (χ0n) is 11.7. The summed E-state index contributed by atoms with van der Waals surface area (Å²) in [5.74, 6) is 1.16. The summed E-state index contributed by atoms with van der Waals surface area (Å²) in [6.45, 7) is 8.48. The van der Waals surface area contributed by atoms with E-state index in [2.05, 4.69) is 25.5 Å². The maximum absolute atomic E-state index is 5.59. The second kappa shape index (κ2) is 5.69. The zero-order chi connectivity index (χ0) is 13.8. The highest BCUT2D eigenvalue weighted by atomic mass is 16.5. The standard InChI is InChI=1S/C13H19N5O/c1-8(2)19-12-5-9(3)16-13(17-12)14-6-11-7-15-18-10(11)4/h5,7-8H,6H2,1-4H3,(H,15,18)(H,14,16,17). The lowest BCUT2D eigenvalue weighted by molar-refractivity contribution is 0.232. The second-order valence-corrected chi connectivity index (χ2v) is 4.71. The first kappa shape index (κ1) is 13.3. The topological polar surface area (TPSA) is 75.7 Å². The van der Waals surface area contributed by atoms with Crippen LogP contribution in [0.4, 0.5) is 5.95 Å². The van der Waals surface area contributed by atoms with Crippen molar-refractivity contribution in [2.75, 3.05) is 5.32 Å². The van der Waals surface area contributed by atoms with E-state index in [1.165, 1.54) is 0 Å². The van der Waals surface area contributed by atoms with Crippen LogP contribution in [-0.4, -0.2) is 26.3 Å². The van der Waals surface area contributed by atoms with Crippen molar-refractivity contribution in [3.63, 3.8) is 0 Å². The molecule has 0 aromatic carbocycles. The Balaban J connectivity index is 2.07. The first-order chi connectivity index (χ1) is 9.04. The molecule has 0 aliphatic carbocycles. The molecule has 0 saturated carbocycles. The van der Waals surface area contributed by atoms with Crippen LogP contribution in [0.3, 0.4) is 0 Å². The molecule has 2 aromatic heterocycles. The number of aromatic amines is 1. The van der Waals surface area contributed by atoms with Gasteiger partial charge in [0.15, 0.2) is 0 Å². The molecule has 0 aliphatic rings. The van der Waals surface area contributed by atoms with Crippen LogP contribution in [0.25, 0.3) is 0 Å². The molecule has 2 rings (SSSR count). The summed E-state index contributed by atoms with van der Waals surface area (Å²) in [5.41, 5.74) is 3.01. The number of aryl methyl sites for hydroxylation is 2. The van der Waals surface area contributed by atoms with Gasteiger partial charge in [-0.05, 0) is 27.7 Å². The summed E-state index contributed by atoms with van der Waals surface area (Å²) >= 11 is 0. The van der Waals surface area contributed by atoms with E-state index in [-0.39, 0.29) is 6.10 Å². The Morgan fingerprint density at radius 3 is 2.74 bits per heavy atom. The summed E-state index contributed by atoms with van der Waals surface area (Å²) in [6.07, 6.45) is 1.89. The molecule has 0 fully saturated rings. The van der Waals surface area contributed by atoms with Gasteiger partial charge in [0.1, 0.15) is 0 Å². The Hall–Kier alpha value is -2.11. The molecule has 2 aromatic rings. The fraction of sp³-hybridized carbons (Fsp3) is 0.462. The monoisotopic (exact) mass is 261 g/mol. The summed E-state index contributed by atoms with van der Waals surface area (Å²) < 4.78 is 5.59. The lowest BCUT2D eigenvalue weighted by Crippen LogP contribution is -2.10. The van der Waals surface area contributed by atoms with Crippen molar-refractivity contribution in [3.05, 3.63) is 29.2 Å². The highest BCUT2D eigenvalue weighted by molar-refractivity contribution is 5.32. The van der Waals surface area contributed by atoms with Crippen molar-refractivity contribution in [1.82, 2.24) is 20.2 Å². The average molecular weight is 261 g/mol. The Bertz CT molecular complexity index is 550. The van der Waals surface area contributed by atoms with Gasteiger partial charge in [0.05, 0.1) is 12.3 Å². The number of hydrogen-bond acceptors (Lipinski definition) is 5. The number of ether oxygens (including phenoxy) is 1. The van der Waals surface area contributed by atoms with Gasteiger partial charge < -0.3 is 10.1 Å². The minimum absolute atomic E-state index is 0.0956. The maximum Gasteiger partial charge on any atom is 0.226 e. The van der Waals surface area contributed by atoms with Crippen molar-refractivity contribution >= 4 is 5.95 Å².